The van der Waals surface area contributed by atoms with E-state index in [9.17, 15) is 4.39 Å². The number of hydrogen-bond donors (Lipinski definition) is 0. The largest absolute Gasteiger partial charge is 0.497 e. The summed E-state index contributed by atoms with van der Waals surface area (Å²) < 4.78 is 18.8. The van der Waals surface area contributed by atoms with Gasteiger partial charge in [-0.05, 0) is 29.7 Å². The lowest BCUT2D eigenvalue weighted by molar-refractivity contribution is 0.415. The lowest BCUT2D eigenvalue weighted by atomic mass is 10.1. The topological polar surface area (TPSA) is 22.1 Å². The molecule has 3 aromatic rings. The molecule has 0 unspecified atom stereocenters. The first-order valence-electron chi connectivity index (χ1n) is 5.30. The van der Waals surface area contributed by atoms with E-state index >= 15 is 0 Å². The highest BCUT2D eigenvalue weighted by Crippen LogP contribution is 2.28. The number of fused-ring (bicyclic) bond motifs is 3. The van der Waals surface area contributed by atoms with Gasteiger partial charge in [-0.15, -0.1) is 0 Å². The van der Waals surface area contributed by atoms with Crippen LogP contribution >= 0.6 is 0 Å². The van der Waals surface area contributed by atoms with Gasteiger partial charge in [-0.1, -0.05) is 12.1 Å². The van der Waals surface area contributed by atoms with E-state index in [1.165, 1.54) is 6.07 Å². The smallest absolute Gasteiger partial charge is 0.132 e. The molecule has 1 heterocycles. The summed E-state index contributed by atoms with van der Waals surface area (Å²) >= 11 is 0. The fraction of sp³-hybridized carbons (Fsp3) is 0.0714. The van der Waals surface area contributed by atoms with E-state index in [0.717, 1.165) is 22.0 Å². The minimum absolute atomic E-state index is 0.250. The highest BCUT2D eigenvalue weighted by Gasteiger charge is 2.06. The van der Waals surface area contributed by atoms with Gasteiger partial charge in [-0.3, -0.25) is 4.98 Å². The van der Waals surface area contributed by atoms with Crippen molar-refractivity contribution < 1.29 is 9.13 Å². The fourth-order valence-corrected chi connectivity index (χ4v) is 2.01. The number of nitrogens with zero attached hydrogens (tertiary/aromatic N) is 1. The number of ether oxygens (including phenoxy) is 1. The average molecular weight is 227 g/mol. The Hall–Kier alpha value is -2.16. The first-order valence-corrected chi connectivity index (χ1v) is 5.30. The third kappa shape index (κ3) is 1.51. The molecule has 17 heavy (non-hydrogen) atoms. The summed E-state index contributed by atoms with van der Waals surface area (Å²) in [5.74, 6) is 0.496. The number of aromatic nitrogens is 1. The van der Waals surface area contributed by atoms with Gasteiger partial charge >= 0.3 is 0 Å². The van der Waals surface area contributed by atoms with Crippen LogP contribution in [0.3, 0.4) is 0 Å². The molecular formula is C14H10FNO. The number of rotatable bonds is 1. The molecule has 2 nitrogen and oxygen atoms in total. The van der Waals surface area contributed by atoms with Crippen molar-refractivity contribution in [1.29, 1.82) is 0 Å². The van der Waals surface area contributed by atoms with Crippen LogP contribution in [0, 0.1) is 5.82 Å². The predicted molar refractivity (Wildman–Crippen MR) is 65.8 cm³/mol. The number of pyridine rings is 1. The number of halogens is 1. The molecule has 84 valence electrons. The van der Waals surface area contributed by atoms with Gasteiger partial charge in [-0.2, -0.15) is 0 Å². The molecule has 0 aliphatic carbocycles. The maximum atomic E-state index is 13.6. The van der Waals surface area contributed by atoms with Crippen molar-refractivity contribution in [2.75, 3.05) is 7.11 Å². The Labute approximate surface area is 97.7 Å². The van der Waals surface area contributed by atoms with Crippen molar-refractivity contribution in [3.05, 3.63) is 48.4 Å². The van der Waals surface area contributed by atoms with Crippen molar-refractivity contribution >= 4 is 21.7 Å². The first-order chi connectivity index (χ1) is 8.29. The minimum Gasteiger partial charge on any atom is -0.497 e. The van der Waals surface area contributed by atoms with Gasteiger partial charge in [0.05, 0.1) is 12.6 Å². The number of hydrogen-bond acceptors (Lipinski definition) is 2. The van der Waals surface area contributed by atoms with Crippen molar-refractivity contribution in [1.82, 2.24) is 4.98 Å². The third-order valence-corrected chi connectivity index (χ3v) is 2.88. The Balaban J connectivity index is 2.49. The monoisotopic (exact) mass is 227 g/mol. The maximum absolute atomic E-state index is 13.6. The van der Waals surface area contributed by atoms with Crippen LogP contribution in [0.1, 0.15) is 0 Å². The van der Waals surface area contributed by atoms with E-state index in [4.69, 9.17) is 4.74 Å². The maximum Gasteiger partial charge on any atom is 0.132 e. The molecule has 0 fully saturated rings. The Bertz CT molecular complexity index is 709. The molecule has 0 amide bonds. The van der Waals surface area contributed by atoms with Crippen LogP contribution in [0.15, 0.2) is 42.6 Å². The lowest BCUT2D eigenvalue weighted by Gasteiger charge is -2.06. The fourth-order valence-electron chi connectivity index (χ4n) is 2.01. The van der Waals surface area contributed by atoms with Gasteiger partial charge in [0, 0.05) is 17.0 Å². The predicted octanol–water partition coefficient (Wildman–Crippen LogP) is 3.54. The molecule has 0 N–H and O–H groups in total. The highest BCUT2D eigenvalue weighted by molar-refractivity contribution is 6.05. The minimum atomic E-state index is -0.250. The summed E-state index contributed by atoms with van der Waals surface area (Å²) in [6.45, 7) is 0. The van der Waals surface area contributed by atoms with Crippen LogP contribution in [0.25, 0.3) is 21.7 Å². The summed E-state index contributed by atoms with van der Waals surface area (Å²) in [5, 5.41) is 2.29. The SMILES string of the molecule is COc1ccc2ncc3c(F)cccc3c2c1. The van der Waals surface area contributed by atoms with Crippen LogP contribution in [0.5, 0.6) is 5.75 Å². The zero-order chi connectivity index (χ0) is 11.8. The molecule has 1 aromatic heterocycles. The summed E-state index contributed by atoms with van der Waals surface area (Å²) in [6.07, 6.45) is 1.57. The van der Waals surface area contributed by atoms with Gasteiger partial charge < -0.3 is 4.74 Å². The second-order valence-corrected chi connectivity index (χ2v) is 3.84. The van der Waals surface area contributed by atoms with Gasteiger partial charge in [0.15, 0.2) is 0 Å². The molecule has 0 radical (unpaired) electrons. The van der Waals surface area contributed by atoms with Gasteiger partial charge in [0.25, 0.3) is 0 Å². The Kier molecular flexibility index (Phi) is 2.18. The summed E-state index contributed by atoms with van der Waals surface area (Å²) in [5.41, 5.74) is 0.837. The van der Waals surface area contributed by atoms with Gasteiger partial charge in [0.2, 0.25) is 0 Å². The highest BCUT2D eigenvalue weighted by atomic mass is 19.1. The molecule has 3 rings (SSSR count). The normalized spacial score (nSPS) is 10.9. The van der Waals surface area contributed by atoms with Crippen molar-refractivity contribution in [3.63, 3.8) is 0 Å². The second kappa shape index (κ2) is 3.70. The zero-order valence-corrected chi connectivity index (χ0v) is 9.27. The van der Waals surface area contributed by atoms with Gasteiger partial charge in [-0.25, -0.2) is 4.39 Å². The van der Waals surface area contributed by atoms with Crippen LogP contribution in [0.4, 0.5) is 4.39 Å². The molecule has 2 aromatic carbocycles. The van der Waals surface area contributed by atoms with E-state index < -0.39 is 0 Å². The lowest BCUT2D eigenvalue weighted by Crippen LogP contribution is -1.87. The Morgan fingerprint density at radius 3 is 2.76 bits per heavy atom. The van der Waals surface area contributed by atoms with Crippen LogP contribution in [-0.4, -0.2) is 12.1 Å². The molecule has 0 saturated heterocycles. The van der Waals surface area contributed by atoms with Crippen LogP contribution in [0.2, 0.25) is 0 Å². The Morgan fingerprint density at radius 1 is 1.06 bits per heavy atom. The number of methoxy groups -OCH3 is 1. The molecule has 0 aliphatic heterocycles. The van der Waals surface area contributed by atoms with E-state index in [1.807, 2.05) is 24.3 Å². The molecule has 0 aliphatic rings. The molecule has 0 atom stereocenters. The zero-order valence-electron chi connectivity index (χ0n) is 9.27. The standard InChI is InChI=1S/C14H10FNO/c1-17-9-5-6-14-11(7-9)10-3-2-4-13(15)12(10)8-16-14/h2-8H,1H3. The average Bonchev–Trinajstić information content (AvgIpc) is 2.38. The summed E-state index contributed by atoms with van der Waals surface area (Å²) in [6, 6.07) is 10.6. The summed E-state index contributed by atoms with van der Waals surface area (Å²) in [7, 11) is 1.61. The van der Waals surface area contributed by atoms with Crippen LogP contribution in [-0.2, 0) is 0 Å². The Morgan fingerprint density at radius 2 is 1.94 bits per heavy atom. The van der Waals surface area contributed by atoms with Crippen molar-refractivity contribution in [2.45, 2.75) is 0 Å². The first kappa shape index (κ1) is 10.0. The molecule has 0 saturated carbocycles. The molecule has 0 spiro atoms. The molecule has 3 heteroatoms. The third-order valence-electron chi connectivity index (χ3n) is 2.88. The second-order valence-electron chi connectivity index (χ2n) is 3.84. The van der Waals surface area contributed by atoms with E-state index in [-0.39, 0.29) is 5.82 Å². The molecular weight excluding hydrogens is 217 g/mol. The van der Waals surface area contributed by atoms with E-state index in [1.54, 1.807) is 19.4 Å². The molecule has 0 bridgehead atoms. The summed E-state index contributed by atoms with van der Waals surface area (Å²) in [4.78, 5) is 4.25. The van der Waals surface area contributed by atoms with E-state index in [0.29, 0.717) is 5.39 Å². The van der Waals surface area contributed by atoms with Crippen molar-refractivity contribution in [2.24, 2.45) is 0 Å². The van der Waals surface area contributed by atoms with Gasteiger partial charge in [0.1, 0.15) is 11.6 Å². The van der Waals surface area contributed by atoms with Crippen molar-refractivity contribution in [3.8, 4) is 5.75 Å². The number of benzene rings is 2. The quantitative estimate of drug-likeness (QED) is 0.593. The van der Waals surface area contributed by atoms with Crippen LogP contribution < -0.4 is 4.74 Å². The van der Waals surface area contributed by atoms with E-state index in [2.05, 4.69) is 4.98 Å².